The highest BCUT2D eigenvalue weighted by Crippen LogP contribution is 2.49. The van der Waals surface area contributed by atoms with E-state index >= 15 is 0 Å². The van der Waals surface area contributed by atoms with Crippen LogP contribution in [0.5, 0.6) is 5.75 Å². The Morgan fingerprint density at radius 2 is 2.15 bits per heavy atom. The van der Waals surface area contributed by atoms with Gasteiger partial charge in [0.05, 0.1) is 11.7 Å². The van der Waals surface area contributed by atoms with E-state index in [1.807, 2.05) is 32.1 Å². The molecule has 2 N–H and O–H groups in total. The molecular weight excluding hydrogens is 338 g/mol. The summed E-state index contributed by atoms with van der Waals surface area (Å²) < 4.78 is 11.7. The van der Waals surface area contributed by atoms with Gasteiger partial charge in [-0.2, -0.15) is 0 Å². The second-order valence-corrected chi connectivity index (χ2v) is 7.15. The molecule has 0 fully saturated rings. The zero-order valence-electron chi connectivity index (χ0n) is 16.0. The molecule has 4 nitrogen and oxygen atoms in total. The second kappa shape index (κ2) is 6.78. The largest absolute Gasteiger partial charge is 0.511 e. The summed E-state index contributed by atoms with van der Waals surface area (Å²) in [5.74, 6) is 1.91. The number of aliphatic hydroxyl groups excluding tert-OH is 1. The van der Waals surface area contributed by atoms with Crippen molar-refractivity contribution in [2.45, 2.75) is 32.2 Å². The van der Waals surface area contributed by atoms with Crippen molar-refractivity contribution in [1.29, 1.82) is 0 Å². The highest BCUT2D eigenvalue weighted by Gasteiger charge is 2.39. The molecule has 4 heteroatoms. The Labute approximate surface area is 159 Å². The maximum absolute atomic E-state index is 10.3. The predicted octanol–water partition coefficient (Wildman–Crippen LogP) is 5.03. The van der Waals surface area contributed by atoms with E-state index in [1.54, 1.807) is 7.11 Å². The van der Waals surface area contributed by atoms with E-state index < -0.39 is 0 Å². The SMILES string of the molecule is C=C(O)C1NC2=C(C)/C(=C\C)Oc3c2c(cc2ccccc32)C1CCOC. The normalized spacial score (nSPS) is 22.4. The molecule has 2 aromatic carbocycles. The zero-order chi connectivity index (χ0) is 19.1. The van der Waals surface area contributed by atoms with Gasteiger partial charge in [-0.15, -0.1) is 0 Å². The first-order chi connectivity index (χ1) is 13.1. The number of allylic oxidation sites excluding steroid dienone is 2. The zero-order valence-corrected chi connectivity index (χ0v) is 16.0. The van der Waals surface area contributed by atoms with Crippen LogP contribution in [-0.4, -0.2) is 24.9 Å². The smallest absolute Gasteiger partial charge is 0.144 e. The molecule has 0 aromatic heterocycles. The lowest BCUT2D eigenvalue weighted by molar-refractivity contribution is 0.179. The van der Waals surface area contributed by atoms with Gasteiger partial charge in [-0.05, 0) is 43.4 Å². The van der Waals surface area contributed by atoms with E-state index in [0.717, 1.165) is 45.5 Å². The van der Waals surface area contributed by atoms with Crippen molar-refractivity contribution < 1.29 is 14.6 Å². The molecule has 2 atom stereocenters. The van der Waals surface area contributed by atoms with Crippen molar-refractivity contribution in [2.75, 3.05) is 13.7 Å². The molecular formula is C23H25NO3. The number of hydrogen-bond acceptors (Lipinski definition) is 4. The van der Waals surface area contributed by atoms with Gasteiger partial charge in [0.2, 0.25) is 0 Å². The lowest BCUT2D eigenvalue weighted by atomic mass is 9.77. The first-order valence-electron chi connectivity index (χ1n) is 9.31. The van der Waals surface area contributed by atoms with E-state index in [9.17, 15) is 5.11 Å². The van der Waals surface area contributed by atoms with Crippen LogP contribution in [0.4, 0.5) is 0 Å². The third kappa shape index (κ3) is 2.72. The molecule has 2 heterocycles. The molecule has 0 amide bonds. The monoisotopic (exact) mass is 363 g/mol. The second-order valence-electron chi connectivity index (χ2n) is 7.15. The third-order valence-electron chi connectivity index (χ3n) is 5.59. The molecule has 2 aliphatic rings. The van der Waals surface area contributed by atoms with Crippen LogP contribution in [0.2, 0.25) is 0 Å². The first-order valence-corrected chi connectivity index (χ1v) is 9.31. The predicted molar refractivity (Wildman–Crippen MR) is 109 cm³/mol. The van der Waals surface area contributed by atoms with Gasteiger partial charge in [-0.1, -0.05) is 30.8 Å². The van der Waals surface area contributed by atoms with Gasteiger partial charge in [0.15, 0.2) is 0 Å². The molecule has 0 aliphatic carbocycles. The van der Waals surface area contributed by atoms with Gasteiger partial charge in [0, 0.05) is 36.2 Å². The van der Waals surface area contributed by atoms with Crippen molar-refractivity contribution in [2.24, 2.45) is 0 Å². The Bertz CT molecular complexity index is 987. The highest BCUT2D eigenvalue weighted by molar-refractivity contribution is 5.97. The average Bonchev–Trinajstić information content (AvgIpc) is 2.68. The van der Waals surface area contributed by atoms with E-state index in [1.165, 1.54) is 5.56 Å². The van der Waals surface area contributed by atoms with Crippen LogP contribution < -0.4 is 10.1 Å². The van der Waals surface area contributed by atoms with Gasteiger partial charge in [-0.25, -0.2) is 0 Å². The van der Waals surface area contributed by atoms with Gasteiger partial charge in [0.1, 0.15) is 17.3 Å². The molecule has 2 unspecified atom stereocenters. The number of ether oxygens (including phenoxy) is 2. The molecule has 4 rings (SSSR count). The van der Waals surface area contributed by atoms with Crippen LogP contribution >= 0.6 is 0 Å². The molecule has 2 aliphatic heterocycles. The van der Waals surface area contributed by atoms with Crippen molar-refractivity contribution in [3.63, 3.8) is 0 Å². The van der Waals surface area contributed by atoms with Crippen LogP contribution in [0.3, 0.4) is 0 Å². The van der Waals surface area contributed by atoms with Crippen molar-refractivity contribution in [1.82, 2.24) is 5.32 Å². The Balaban J connectivity index is 2.04. The lowest BCUT2D eigenvalue weighted by Crippen LogP contribution is -2.42. The fourth-order valence-electron chi connectivity index (χ4n) is 4.26. The Hall–Kier alpha value is -2.72. The summed E-state index contributed by atoms with van der Waals surface area (Å²) in [7, 11) is 1.70. The summed E-state index contributed by atoms with van der Waals surface area (Å²) in [6.45, 7) is 8.46. The highest BCUT2D eigenvalue weighted by atomic mass is 16.5. The van der Waals surface area contributed by atoms with Crippen LogP contribution in [0.1, 0.15) is 37.3 Å². The van der Waals surface area contributed by atoms with Crippen LogP contribution in [-0.2, 0) is 4.74 Å². The fraction of sp³-hybridized carbons (Fsp3) is 0.304. The molecule has 0 saturated heterocycles. The third-order valence-corrected chi connectivity index (χ3v) is 5.59. The van der Waals surface area contributed by atoms with Crippen LogP contribution in [0.15, 0.2) is 60.1 Å². The van der Waals surface area contributed by atoms with E-state index in [2.05, 4.69) is 30.1 Å². The summed E-state index contributed by atoms with van der Waals surface area (Å²) >= 11 is 0. The van der Waals surface area contributed by atoms with Gasteiger partial charge >= 0.3 is 0 Å². The quantitative estimate of drug-likeness (QED) is 0.748. The number of benzene rings is 2. The van der Waals surface area contributed by atoms with Crippen molar-refractivity contribution in [3.8, 4) is 5.75 Å². The molecule has 140 valence electrons. The number of hydrogen-bond donors (Lipinski definition) is 2. The topological polar surface area (TPSA) is 50.7 Å². The van der Waals surface area contributed by atoms with Gasteiger partial charge in [0.25, 0.3) is 0 Å². The first kappa shape index (κ1) is 17.7. The van der Waals surface area contributed by atoms with E-state index in [4.69, 9.17) is 9.47 Å². The maximum Gasteiger partial charge on any atom is 0.144 e. The number of fused-ring (bicyclic) bond motifs is 2. The molecule has 0 saturated carbocycles. The molecule has 0 spiro atoms. The van der Waals surface area contributed by atoms with Crippen LogP contribution in [0, 0.1) is 0 Å². The average molecular weight is 363 g/mol. The summed E-state index contributed by atoms with van der Waals surface area (Å²) in [5.41, 5.74) is 4.32. The summed E-state index contributed by atoms with van der Waals surface area (Å²) in [5, 5.41) is 16.1. The number of methoxy groups -OCH3 is 1. The minimum Gasteiger partial charge on any atom is -0.511 e. The number of aliphatic hydroxyl groups is 1. The number of nitrogens with one attached hydrogen (secondary N) is 1. The standard InChI is InChI=1S/C23H25NO3/c1-5-19-13(2)21-20-18(17(10-11-26-4)22(24-21)14(3)25)12-15-8-6-7-9-16(15)23(20)27-19/h5-9,12,17,22,24-25H,3,10-11H2,1-2,4H3/b19-5+. The Morgan fingerprint density at radius 1 is 1.37 bits per heavy atom. The summed E-state index contributed by atoms with van der Waals surface area (Å²) in [6, 6.07) is 10.2. The minimum atomic E-state index is -0.261. The lowest BCUT2D eigenvalue weighted by Gasteiger charge is -2.40. The van der Waals surface area contributed by atoms with Gasteiger partial charge < -0.3 is 19.9 Å². The van der Waals surface area contributed by atoms with Crippen molar-refractivity contribution in [3.05, 3.63) is 71.2 Å². The fourth-order valence-corrected chi connectivity index (χ4v) is 4.26. The van der Waals surface area contributed by atoms with Crippen molar-refractivity contribution >= 4 is 16.5 Å². The molecule has 0 bridgehead atoms. The molecule has 27 heavy (non-hydrogen) atoms. The Morgan fingerprint density at radius 3 is 2.85 bits per heavy atom. The summed E-state index contributed by atoms with van der Waals surface area (Å²) in [4.78, 5) is 0. The molecule has 0 radical (unpaired) electrons. The van der Waals surface area contributed by atoms with Gasteiger partial charge in [-0.3, -0.25) is 0 Å². The van der Waals surface area contributed by atoms with E-state index in [0.29, 0.717) is 6.61 Å². The maximum atomic E-state index is 10.3. The minimum absolute atomic E-state index is 0.0492. The molecule has 2 aromatic rings. The summed E-state index contributed by atoms with van der Waals surface area (Å²) in [6.07, 6.45) is 2.76. The van der Waals surface area contributed by atoms with E-state index in [-0.39, 0.29) is 17.7 Å². The number of rotatable bonds is 4. The van der Waals surface area contributed by atoms with Crippen LogP contribution in [0.25, 0.3) is 16.5 Å². The Kier molecular flexibility index (Phi) is 4.44.